The van der Waals surface area contributed by atoms with Crippen molar-refractivity contribution < 1.29 is 9.47 Å². The minimum absolute atomic E-state index is 0.228. The normalized spacial score (nSPS) is 20.9. The monoisotopic (exact) mass is 269 g/mol. The van der Waals surface area contributed by atoms with E-state index in [1.807, 2.05) is 25.2 Å². The fourth-order valence-electron chi connectivity index (χ4n) is 2.41. The van der Waals surface area contributed by atoms with Gasteiger partial charge in [-0.2, -0.15) is 0 Å². The molecule has 18 heavy (non-hydrogen) atoms. The van der Waals surface area contributed by atoms with Crippen LogP contribution in [0.3, 0.4) is 0 Å². The summed E-state index contributed by atoms with van der Waals surface area (Å²) < 4.78 is 10.9. The Morgan fingerprint density at radius 3 is 2.94 bits per heavy atom. The summed E-state index contributed by atoms with van der Waals surface area (Å²) in [6.07, 6.45) is 3.62. The molecule has 1 aliphatic heterocycles. The number of benzene rings is 1. The predicted octanol–water partition coefficient (Wildman–Crippen LogP) is 3.18. The molecule has 1 heterocycles. The third kappa shape index (κ3) is 3.16. The van der Waals surface area contributed by atoms with E-state index in [-0.39, 0.29) is 6.04 Å². The van der Waals surface area contributed by atoms with Crippen molar-refractivity contribution in [3.05, 3.63) is 28.8 Å². The van der Waals surface area contributed by atoms with Gasteiger partial charge in [-0.15, -0.1) is 0 Å². The van der Waals surface area contributed by atoms with Gasteiger partial charge in [0.05, 0.1) is 13.2 Å². The van der Waals surface area contributed by atoms with E-state index in [9.17, 15) is 0 Å². The van der Waals surface area contributed by atoms with E-state index in [2.05, 4.69) is 5.32 Å². The van der Waals surface area contributed by atoms with Gasteiger partial charge in [0.2, 0.25) is 0 Å². The highest BCUT2D eigenvalue weighted by atomic mass is 35.5. The molecule has 4 heteroatoms. The first-order valence-electron chi connectivity index (χ1n) is 6.37. The molecule has 0 aliphatic carbocycles. The molecule has 1 N–H and O–H groups in total. The summed E-state index contributed by atoms with van der Waals surface area (Å²) in [5.41, 5.74) is 1.11. The molecule has 0 bridgehead atoms. The van der Waals surface area contributed by atoms with Crippen molar-refractivity contribution in [2.75, 3.05) is 20.8 Å². The Kier molecular flexibility index (Phi) is 4.87. The molecule has 2 rings (SSSR count). The van der Waals surface area contributed by atoms with Gasteiger partial charge in [-0.25, -0.2) is 0 Å². The molecule has 0 amide bonds. The Morgan fingerprint density at radius 2 is 2.39 bits per heavy atom. The minimum Gasteiger partial charge on any atom is -0.497 e. The van der Waals surface area contributed by atoms with Gasteiger partial charge in [-0.1, -0.05) is 17.7 Å². The van der Waals surface area contributed by atoms with Crippen LogP contribution in [-0.4, -0.2) is 26.9 Å². The smallest absolute Gasteiger partial charge is 0.120 e. The molecular weight excluding hydrogens is 250 g/mol. The van der Waals surface area contributed by atoms with Gasteiger partial charge in [-0.05, 0) is 44.0 Å². The van der Waals surface area contributed by atoms with Crippen molar-refractivity contribution in [2.24, 2.45) is 0 Å². The third-order valence-corrected chi connectivity index (χ3v) is 3.78. The lowest BCUT2D eigenvalue weighted by Gasteiger charge is -2.21. The van der Waals surface area contributed by atoms with Crippen LogP contribution in [0.1, 0.15) is 30.9 Å². The number of rotatable bonds is 5. The topological polar surface area (TPSA) is 30.5 Å². The maximum Gasteiger partial charge on any atom is 0.120 e. The summed E-state index contributed by atoms with van der Waals surface area (Å²) in [6, 6.07) is 6.06. The molecular formula is C14H20ClNO2. The second-order valence-electron chi connectivity index (χ2n) is 4.60. The van der Waals surface area contributed by atoms with Crippen LogP contribution in [0.5, 0.6) is 5.75 Å². The second-order valence-corrected chi connectivity index (χ2v) is 5.01. The van der Waals surface area contributed by atoms with E-state index in [1.54, 1.807) is 7.11 Å². The number of hydrogen-bond acceptors (Lipinski definition) is 3. The van der Waals surface area contributed by atoms with E-state index >= 15 is 0 Å². The van der Waals surface area contributed by atoms with Gasteiger partial charge < -0.3 is 14.8 Å². The van der Waals surface area contributed by atoms with Gasteiger partial charge >= 0.3 is 0 Å². The number of methoxy groups -OCH3 is 1. The summed E-state index contributed by atoms with van der Waals surface area (Å²) in [4.78, 5) is 0. The van der Waals surface area contributed by atoms with Gasteiger partial charge in [0.15, 0.2) is 0 Å². The van der Waals surface area contributed by atoms with Crippen LogP contribution < -0.4 is 10.1 Å². The van der Waals surface area contributed by atoms with Crippen molar-refractivity contribution in [3.8, 4) is 5.75 Å². The predicted molar refractivity (Wildman–Crippen MR) is 73.4 cm³/mol. The largest absolute Gasteiger partial charge is 0.497 e. The zero-order chi connectivity index (χ0) is 13.0. The first kappa shape index (κ1) is 13.7. The molecule has 1 aromatic rings. The molecule has 2 unspecified atom stereocenters. The lowest BCUT2D eigenvalue weighted by molar-refractivity contribution is 0.0954. The maximum atomic E-state index is 6.31. The molecule has 1 saturated heterocycles. The highest BCUT2D eigenvalue weighted by molar-refractivity contribution is 6.31. The second kappa shape index (κ2) is 6.41. The van der Waals surface area contributed by atoms with Crippen LogP contribution in [0.4, 0.5) is 0 Å². The fraction of sp³-hybridized carbons (Fsp3) is 0.571. The summed E-state index contributed by atoms with van der Waals surface area (Å²) in [5.74, 6) is 0.788. The van der Waals surface area contributed by atoms with Crippen LogP contribution in [0.2, 0.25) is 5.02 Å². The highest BCUT2D eigenvalue weighted by Gasteiger charge is 2.22. The SMILES string of the molecule is CNC(CC1CCCO1)c1ccc(OC)cc1Cl. The Balaban J connectivity index is 2.10. The highest BCUT2D eigenvalue weighted by Crippen LogP contribution is 2.31. The molecule has 0 saturated carbocycles. The number of hydrogen-bond donors (Lipinski definition) is 1. The van der Waals surface area contributed by atoms with Crippen LogP contribution >= 0.6 is 11.6 Å². The summed E-state index contributed by atoms with van der Waals surface area (Å²) in [7, 11) is 3.60. The van der Waals surface area contributed by atoms with Crippen LogP contribution in [0.25, 0.3) is 0 Å². The molecule has 0 spiro atoms. The molecule has 1 aliphatic rings. The van der Waals surface area contributed by atoms with E-state index in [0.717, 1.165) is 42.2 Å². The van der Waals surface area contributed by atoms with Crippen molar-refractivity contribution in [1.29, 1.82) is 0 Å². The molecule has 2 atom stereocenters. The van der Waals surface area contributed by atoms with Crippen LogP contribution in [-0.2, 0) is 4.74 Å². The third-order valence-electron chi connectivity index (χ3n) is 3.45. The minimum atomic E-state index is 0.228. The van der Waals surface area contributed by atoms with Gasteiger partial charge in [0.25, 0.3) is 0 Å². The van der Waals surface area contributed by atoms with Gasteiger partial charge in [0.1, 0.15) is 5.75 Å². The van der Waals surface area contributed by atoms with E-state index in [4.69, 9.17) is 21.1 Å². The van der Waals surface area contributed by atoms with E-state index in [1.165, 1.54) is 0 Å². The zero-order valence-corrected chi connectivity index (χ0v) is 11.7. The van der Waals surface area contributed by atoms with Crippen molar-refractivity contribution in [2.45, 2.75) is 31.4 Å². The summed E-state index contributed by atoms with van der Waals surface area (Å²) in [6.45, 7) is 0.886. The fourth-order valence-corrected chi connectivity index (χ4v) is 2.71. The molecule has 0 aromatic heterocycles. The molecule has 1 fully saturated rings. The Bertz CT molecular complexity index is 391. The molecule has 0 radical (unpaired) electrons. The Morgan fingerprint density at radius 1 is 1.56 bits per heavy atom. The van der Waals surface area contributed by atoms with Crippen LogP contribution in [0, 0.1) is 0 Å². The van der Waals surface area contributed by atoms with Crippen LogP contribution in [0.15, 0.2) is 18.2 Å². The number of ether oxygens (including phenoxy) is 2. The average Bonchev–Trinajstić information content (AvgIpc) is 2.89. The molecule has 3 nitrogen and oxygen atoms in total. The first-order chi connectivity index (χ1) is 8.74. The zero-order valence-electron chi connectivity index (χ0n) is 10.9. The Hall–Kier alpha value is -0.770. The lowest BCUT2D eigenvalue weighted by Crippen LogP contribution is -2.22. The quantitative estimate of drug-likeness (QED) is 0.891. The summed E-state index contributed by atoms with van der Waals surface area (Å²) in [5, 5.41) is 4.06. The summed E-state index contributed by atoms with van der Waals surface area (Å²) >= 11 is 6.31. The van der Waals surface area contributed by atoms with E-state index < -0.39 is 0 Å². The average molecular weight is 270 g/mol. The number of nitrogens with one attached hydrogen (secondary N) is 1. The van der Waals surface area contributed by atoms with Gasteiger partial charge in [0, 0.05) is 17.7 Å². The maximum absolute atomic E-state index is 6.31. The van der Waals surface area contributed by atoms with E-state index in [0.29, 0.717) is 6.10 Å². The standard InChI is InChI=1S/C14H20ClNO2/c1-16-14(9-11-4-3-7-18-11)12-6-5-10(17-2)8-13(12)15/h5-6,8,11,14,16H,3-4,7,9H2,1-2H3. The van der Waals surface area contributed by atoms with Gasteiger partial charge in [-0.3, -0.25) is 0 Å². The lowest BCUT2D eigenvalue weighted by atomic mass is 9.99. The molecule has 100 valence electrons. The Labute approximate surface area is 113 Å². The van der Waals surface area contributed by atoms with Crippen molar-refractivity contribution in [1.82, 2.24) is 5.32 Å². The van der Waals surface area contributed by atoms with Crippen molar-refractivity contribution in [3.63, 3.8) is 0 Å². The first-order valence-corrected chi connectivity index (χ1v) is 6.74. The molecule has 1 aromatic carbocycles. The number of halogens is 1. The van der Waals surface area contributed by atoms with Crippen molar-refractivity contribution >= 4 is 11.6 Å².